The smallest absolute Gasteiger partial charge is 0.305 e. The molecular formula is C21H40O2S. The Hall–Kier alpha value is -0.180. The van der Waals surface area contributed by atoms with Gasteiger partial charge in [0.15, 0.2) is 0 Å². The molecular weight excluding hydrogens is 316 g/mol. The van der Waals surface area contributed by atoms with E-state index in [1.54, 1.807) is 0 Å². The van der Waals surface area contributed by atoms with E-state index in [0.29, 0.717) is 6.42 Å². The maximum Gasteiger partial charge on any atom is 0.305 e. The second kappa shape index (κ2) is 15.1. The van der Waals surface area contributed by atoms with Gasteiger partial charge in [0.2, 0.25) is 0 Å². The second-order valence-corrected chi connectivity index (χ2v) is 8.84. The van der Waals surface area contributed by atoms with Crippen molar-refractivity contribution in [3.8, 4) is 0 Å². The van der Waals surface area contributed by atoms with Crippen LogP contribution in [0.25, 0.3) is 0 Å². The van der Waals surface area contributed by atoms with Gasteiger partial charge in [-0.25, -0.2) is 0 Å². The van der Waals surface area contributed by atoms with Gasteiger partial charge in [-0.15, -0.1) is 0 Å². The van der Waals surface area contributed by atoms with Crippen molar-refractivity contribution in [2.45, 2.75) is 120 Å². The lowest BCUT2D eigenvalue weighted by Gasteiger charge is -2.02. The Morgan fingerprint density at radius 2 is 1.21 bits per heavy atom. The fourth-order valence-electron chi connectivity index (χ4n) is 3.41. The van der Waals surface area contributed by atoms with E-state index >= 15 is 0 Å². The average Bonchev–Trinajstić information content (AvgIpc) is 3.34. The first kappa shape index (κ1) is 21.9. The molecule has 0 amide bonds. The SMILES string of the molecule is CCCCCCCCCCCC1SC1CCCCCCC(=O)OC. The van der Waals surface area contributed by atoms with E-state index in [0.717, 1.165) is 16.9 Å². The Labute approximate surface area is 154 Å². The third-order valence-corrected chi connectivity index (χ3v) is 6.64. The topological polar surface area (TPSA) is 26.3 Å². The van der Waals surface area contributed by atoms with Crippen molar-refractivity contribution < 1.29 is 9.53 Å². The van der Waals surface area contributed by atoms with Crippen molar-refractivity contribution in [3.63, 3.8) is 0 Å². The molecule has 0 aromatic carbocycles. The summed E-state index contributed by atoms with van der Waals surface area (Å²) < 4.78 is 4.66. The highest BCUT2D eigenvalue weighted by Crippen LogP contribution is 2.47. The summed E-state index contributed by atoms with van der Waals surface area (Å²) in [4.78, 5) is 11.0. The summed E-state index contributed by atoms with van der Waals surface area (Å²) in [5.74, 6) is -0.0613. The molecule has 0 radical (unpaired) electrons. The van der Waals surface area contributed by atoms with E-state index in [-0.39, 0.29) is 5.97 Å². The fourth-order valence-corrected chi connectivity index (χ4v) is 4.65. The van der Waals surface area contributed by atoms with Crippen molar-refractivity contribution in [1.82, 2.24) is 0 Å². The zero-order valence-corrected chi connectivity index (χ0v) is 17.0. The number of carbonyl (C=O) groups is 1. The average molecular weight is 357 g/mol. The van der Waals surface area contributed by atoms with Crippen molar-refractivity contribution in [3.05, 3.63) is 0 Å². The molecule has 0 aromatic rings. The Balaban J connectivity index is 1.76. The molecule has 0 N–H and O–H groups in total. The molecule has 2 unspecified atom stereocenters. The van der Waals surface area contributed by atoms with E-state index in [2.05, 4.69) is 23.4 Å². The Kier molecular flexibility index (Phi) is 13.8. The van der Waals surface area contributed by atoms with Crippen LogP contribution in [0.1, 0.15) is 110 Å². The Morgan fingerprint density at radius 1 is 0.750 bits per heavy atom. The Bertz CT molecular complexity index is 306. The minimum Gasteiger partial charge on any atom is -0.469 e. The lowest BCUT2D eigenvalue weighted by Crippen LogP contribution is -1.99. The van der Waals surface area contributed by atoms with E-state index in [1.807, 2.05) is 0 Å². The molecule has 0 saturated carbocycles. The molecule has 1 rings (SSSR count). The first-order chi connectivity index (χ1) is 11.8. The van der Waals surface area contributed by atoms with Gasteiger partial charge in [0, 0.05) is 16.9 Å². The number of carbonyl (C=O) groups excluding carboxylic acids is 1. The highest BCUT2D eigenvalue weighted by atomic mass is 32.2. The zero-order chi connectivity index (χ0) is 17.5. The number of unbranched alkanes of at least 4 members (excludes halogenated alkanes) is 11. The molecule has 0 bridgehead atoms. The summed E-state index contributed by atoms with van der Waals surface area (Å²) in [5.41, 5.74) is 0. The summed E-state index contributed by atoms with van der Waals surface area (Å²) in [6, 6.07) is 0. The van der Waals surface area contributed by atoms with Crippen molar-refractivity contribution in [2.24, 2.45) is 0 Å². The molecule has 1 fully saturated rings. The first-order valence-corrected chi connectivity index (χ1v) is 11.4. The van der Waals surface area contributed by atoms with Gasteiger partial charge < -0.3 is 4.74 Å². The number of hydrogen-bond donors (Lipinski definition) is 0. The maximum absolute atomic E-state index is 11.0. The van der Waals surface area contributed by atoms with Crippen LogP contribution in [0, 0.1) is 0 Å². The third-order valence-electron chi connectivity index (χ3n) is 5.13. The molecule has 0 aliphatic carbocycles. The molecule has 1 heterocycles. The van der Waals surface area contributed by atoms with Gasteiger partial charge in [0.1, 0.15) is 0 Å². The van der Waals surface area contributed by atoms with Crippen LogP contribution in [-0.4, -0.2) is 23.6 Å². The highest BCUT2D eigenvalue weighted by molar-refractivity contribution is 8.07. The lowest BCUT2D eigenvalue weighted by atomic mass is 10.0. The van der Waals surface area contributed by atoms with E-state index in [9.17, 15) is 4.79 Å². The molecule has 0 aromatic heterocycles. The molecule has 1 saturated heterocycles. The van der Waals surface area contributed by atoms with Crippen LogP contribution in [0.15, 0.2) is 0 Å². The van der Waals surface area contributed by atoms with Crippen molar-refractivity contribution >= 4 is 17.7 Å². The van der Waals surface area contributed by atoms with Crippen LogP contribution in [0.5, 0.6) is 0 Å². The normalized spacial score (nSPS) is 19.4. The number of methoxy groups -OCH3 is 1. The predicted molar refractivity (Wildman–Crippen MR) is 107 cm³/mol. The van der Waals surface area contributed by atoms with Crippen LogP contribution in [0.3, 0.4) is 0 Å². The van der Waals surface area contributed by atoms with Gasteiger partial charge in [0.05, 0.1) is 7.11 Å². The minimum atomic E-state index is -0.0613. The van der Waals surface area contributed by atoms with Gasteiger partial charge in [-0.1, -0.05) is 84.0 Å². The number of ether oxygens (including phenoxy) is 1. The highest BCUT2D eigenvalue weighted by Gasteiger charge is 2.36. The number of hydrogen-bond acceptors (Lipinski definition) is 3. The summed E-state index contributed by atoms with van der Waals surface area (Å²) in [7, 11) is 1.47. The van der Waals surface area contributed by atoms with Gasteiger partial charge >= 0.3 is 5.97 Å². The first-order valence-electron chi connectivity index (χ1n) is 10.5. The monoisotopic (exact) mass is 356 g/mol. The van der Waals surface area contributed by atoms with Crippen LogP contribution in [0.2, 0.25) is 0 Å². The number of rotatable bonds is 17. The van der Waals surface area contributed by atoms with Crippen molar-refractivity contribution in [1.29, 1.82) is 0 Å². The lowest BCUT2D eigenvalue weighted by molar-refractivity contribution is -0.140. The van der Waals surface area contributed by atoms with Gasteiger partial charge in [-0.3, -0.25) is 4.79 Å². The van der Waals surface area contributed by atoms with Crippen LogP contribution >= 0.6 is 11.8 Å². The standard InChI is InChI=1S/C21H40O2S/c1-3-4-5-6-7-8-9-10-13-16-19-20(24-19)17-14-11-12-15-18-21(22)23-2/h19-20H,3-18H2,1-2H3. The minimum absolute atomic E-state index is 0.0613. The predicted octanol–water partition coefficient (Wildman–Crippen LogP) is 6.90. The summed E-state index contributed by atoms with van der Waals surface area (Å²) in [6.07, 6.45) is 21.2. The molecule has 2 nitrogen and oxygen atoms in total. The van der Waals surface area contributed by atoms with Crippen LogP contribution < -0.4 is 0 Å². The molecule has 24 heavy (non-hydrogen) atoms. The maximum atomic E-state index is 11.0. The largest absolute Gasteiger partial charge is 0.469 e. The van der Waals surface area contributed by atoms with Gasteiger partial charge in [-0.05, 0) is 19.3 Å². The van der Waals surface area contributed by atoms with Crippen LogP contribution in [0.4, 0.5) is 0 Å². The molecule has 1 aliphatic rings. The van der Waals surface area contributed by atoms with E-state index in [4.69, 9.17) is 0 Å². The van der Waals surface area contributed by atoms with Crippen molar-refractivity contribution in [2.75, 3.05) is 7.11 Å². The number of thioether (sulfide) groups is 1. The van der Waals surface area contributed by atoms with Crippen LogP contribution in [-0.2, 0) is 9.53 Å². The summed E-state index contributed by atoms with van der Waals surface area (Å²) in [6.45, 7) is 2.29. The molecule has 1 aliphatic heterocycles. The Morgan fingerprint density at radius 3 is 1.71 bits per heavy atom. The fraction of sp³-hybridized carbons (Fsp3) is 0.952. The summed E-state index contributed by atoms with van der Waals surface area (Å²) in [5, 5.41) is 1.93. The number of esters is 1. The molecule has 0 spiro atoms. The molecule has 2 atom stereocenters. The van der Waals surface area contributed by atoms with Gasteiger partial charge in [-0.2, -0.15) is 11.8 Å². The van der Waals surface area contributed by atoms with Gasteiger partial charge in [0.25, 0.3) is 0 Å². The van der Waals surface area contributed by atoms with E-state index < -0.39 is 0 Å². The molecule has 3 heteroatoms. The van der Waals surface area contributed by atoms with E-state index in [1.165, 1.54) is 97.0 Å². The molecule has 142 valence electrons. The third kappa shape index (κ3) is 12.2. The summed E-state index contributed by atoms with van der Waals surface area (Å²) >= 11 is 2.21. The zero-order valence-electron chi connectivity index (χ0n) is 16.2. The second-order valence-electron chi connectivity index (χ2n) is 7.36. The quantitative estimate of drug-likeness (QED) is 0.161.